The van der Waals surface area contributed by atoms with Crippen LogP contribution >= 0.6 is 0 Å². The molecule has 6 nitrogen and oxygen atoms in total. The number of nitrogens with zero attached hydrogens (tertiary/aromatic N) is 1. The SMILES string of the molecule is CCN1CCOC(CNC(=O)c2ccc(=O)[nH]c2)C1. The van der Waals surface area contributed by atoms with Gasteiger partial charge < -0.3 is 15.0 Å². The Morgan fingerprint density at radius 2 is 2.42 bits per heavy atom. The minimum Gasteiger partial charge on any atom is -0.374 e. The summed E-state index contributed by atoms with van der Waals surface area (Å²) in [6.07, 6.45) is 1.44. The number of H-pyrrole nitrogens is 1. The molecule has 1 aromatic rings. The molecule has 19 heavy (non-hydrogen) atoms. The van der Waals surface area contributed by atoms with Gasteiger partial charge in [0.25, 0.3) is 5.91 Å². The first-order chi connectivity index (χ1) is 9.19. The van der Waals surface area contributed by atoms with E-state index in [4.69, 9.17) is 4.74 Å². The number of hydrogen-bond acceptors (Lipinski definition) is 4. The number of rotatable bonds is 4. The minimum atomic E-state index is -0.217. The minimum absolute atomic E-state index is 0.0282. The third-order valence-electron chi connectivity index (χ3n) is 3.21. The maximum Gasteiger partial charge on any atom is 0.252 e. The molecule has 1 unspecified atom stereocenters. The molecule has 1 aliphatic rings. The number of aromatic nitrogens is 1. The van der Waals surface area contributed by atoms with Crippen molar-refractivity contribution in [2.24, 2.45) is 0 Å². The van der Waals surface area contributed by atoms with Gasteiger partial charge in [-0.3, -0.25) is 14.5 Å². The predicted octanol–water partition coefficient (Wildman–Crippen LogP) is -0.175. The summed E-state index contributed by atoms with van der Waals surface area (Å²) in [4.78, 5) is 27.5. The standard InChI is InChI=1S/C13H19N3O3/c1-2-16-5-6-19-11(9-16)8-15-13(18)10-3-4-12(17)14-7-10/h3-4,7,11H,2,5-6,8-9H2,1H3,(H,14,17)(H,15,18). The Bertz CT molecular complexity index is 466. The number of morpholine rings is 1. The van der Waals surface area contributed by atoms with E-state index in [1.807, 2.05) is 0 Å². The van der Waals surface area contributed by atoms with Crippen LogP contribution in [-0.4, -0.2) is 54.7 Å². The molecular formula is C13H19N3O3. The molecule has 1 aromatic heterocycles. The van der Waals surface area contributed by atoms with E-state index in [-0.39, 0.29) is 17.6 Å². The molecule has 2 heterocycles. The van der Waals surface area contributed by atoms with Crippen LogP contribution in [0.1, 0.15) is 17.3 Å². The summed E-state index contributed by atoms with van der Waals surface area (Å²) < 4.78 is 5.60. The van der Waals surface area contributed by atoms with Gasteiger partial charge in [0.2, 0.25) is 5.56 Å². The van der Waals surface area contributed by atoms with Crippen LogP contribution in [0.3, 0.4) is 0 Å². The highest BCUT2D eigenvalue weighted by molar-refractivity contribution is 5.93. The Morgan fingerprint density at radius 3 is 3.11 bits per heavy atom. The summed E-state index contributed by atoms with van der Waals surface area (Å²) >= 11 is 0. The van der Waals surface area contributed by atoms with Gasteiger partial charge in [0.1, 0.15) is 0 Å². The Morgan fingerprint density at radius 1 is 1.58 bits per heavy atom. The third kappa shape index (κ3) is 3.90. The van der Waals surface area contributed by atoms with Crippen LogP contribution in [0.4, 0.5) is 0 Å². The normalized spacial score (nSPS) is 20.2. The van der Waals surface area contributed by atoms with Crippen molar-refractivity contribution in [3.63, 3.8) is 0 Å². The third-order valence-corrected chi connectivity index (χ3v) is 3.21. The number of pyridine rings is 1. The van der Waals surface area contributed by atoms with Gasteiger partial charge in [-0.25, -0.2) is 0 Å². The van der Waals surface area contributed by atoms with Crippen molar-refractivity contribution in [3.05, 3.63) is 34.2 Å². The lowest BCUT2D eigenvalue weighted by atomic mass is 10.2. The summed E-state index contributed by atoms with van der Waals surface area (Å²) in [5, 5.41) is 2.82. The molecule has 0 aromatic carbocycles. The molecule has 1 amide bonds. The average molecular weight is 265 g/mol. The van der Waals surface area contributed by atoms with Crippen LogP contribution in [0.2, 0.25) is 0 Å². The first-order valence-electron chi connectivity index (χ1n) is 6.50. The van der Waals surface area contributed by atoms with Crippen LogP contribution in [0.15, 0.2) is 23.1 Å². The molecule has 1 saturated heterocycles. The van der Waals surface area contributed by atoms with Crippen LogP contribution in [0.5, 0.6) is 0 Å². The Labute approximate surface area is 111 Å². The molecule has 0 radical (unpaired) electrons. The maximum absolute atomic E-state index is 11.8. The second kappa shape index (κ2) is 6.49. The summed E-state index contributed by atoms with van der Waals surface area (Å²) in [6, 6.07) is 2.85. The fraction of sp³-hybridized carbons (Fsp3) is 0.538. The van der Waals surface area contributed by atoms with Gasteiger partial charge in [0.05, 0.1) is 18.3 Å². The van der Waals surface area contributed by atoms with E-state index in [2.05, 4.69) is 22.1 Å². The van der Waals surface area contributed by atoms with Gasteiger partial charge in [0, 0.05) is 31.9 Å². The molecule has 0 spiro atoms. The first kappa shape index (κ1) is 13.8. The number of amides is 1. The zero-order valence-electron chi connectivity index (χ0n) is 11.0. The average Bonchev–Trinajstić information content (AvgIpc) is 2.46. The van der Waals surface area contributed by atoms with Crippen molar-refractivity contribution in [1.29, 1.82) is 0 Å². The Kier molecular flexibility index (Phi) is 4.70. The molecule has 2 N–H and O–H groups in total. The smallest absolute Gasteiger partial charge is 0.252 e. The fourth-order valence-corrected chi connectivity index (χ4v) is 2.05. The molecule has 1 atom stereocenters. The van der Waals surface area contributed by atoms with E-state index < -0.39 is 0 Å². The van der Waals surface area contributed by atoms with Crippen molar-refractivity contribution in [1.82, 2.24) is 15.2 Å². The number of carbonyl (C=O) groups is 1. The quantitative estimate of drug-likeness (QED) is 0.792. The monoisotopic (exact) mass is 265 g/mol. The zero-order valence-corrected chi connectivity index (χ0v) is 11.0. The Balaban J connectivity index is 1.83. The molecule has 0 aliphatic carbocycles. The summed E-state index contributed by atoms with van der Waals surface area (Å²) in [5.41, 5.74) is 0.230. The molecule has 1 aliphatic heterocycles. The van der Waals surface area contributed by atoms with Gasteiger partial charge in [-0.05, 0) is 12.6 Å². The highest BCUT2D eigenvalue weighted by Crippen LogP contribution is 2.04. The van der Waals surface area contributed by atoms with Crippen molar-refractivity contribution >= 4 is 5.91 Å². The van der Waals surface area contributed by atoms with Crippen LogP contribution in [-0.2, 0) is 4.74 Å². The largest absolute Gasteiger partial charge is 0.374 e. The van der Waals surface area contributed by atoms with E-state index in [0.29, 0.717) is 18.7 Å². The van der Waals surface area contributed by atoms with Crippen molar-refractivity contribution in [2.45, 2.75) is 13.0 Å². The Hall–Kier alpha value is -1.66. The van der Waals surface area contributed by atoms with Gasteiger partial charge in [-0.1, -0.05) is 6.92 Å². The lowest BCUT2D eigenvalue weighted by Gasteiger charge is -2.32. The zero-order chi connectivity index (χ0) is 13.7. The van der Waals surface area contributed by atoms with Gasteiger partial charge in [0.15, 0.2) is 0 Å². The number of ether oxygens (including phenoxy) is 1. The van der Waals surface area contributed by atoms with Crippen LogP contribution in [0, 0.1) is 0 Å². The van der Waals surface area contributed by atoms with Crippen LogP contribution < -0.4 is 10.9 Å². The number of likely N-dealkylation sites (N-methyl/N-ethyl adjacent to an activating group) is 1. The lowest BCUT2D eigenvalue weighted by Crippen LogP contribution is -2.47. The van der Waals surface area contributed by atoms with Gasteiger partial charge >= 0.3 is 0 Å². The topological polar surface area (TPSA) is 74.4 Å². The number of nitrogens with one attached hydrogen (secondary N) is 2. The van der Waals surface area contributed by atoms with E-state index in [1.165, 1.54) is 18.3 Å². The second-order valence-corrected chi connectivity index (χ2v) is 4.54. The number of aromatic amines is 1. The molecule has 6 heteroatoms. The lowest BCUT2D eigenvalue weighted by molar-refractivity contribution is -0.0246. The van der Waals surface area contributed by atoms with Crippen molar-refractivity contribution in [3.8, 4) is 0 Å². The van der Waals surface area contributed by atoms with E-state index in [1.54, 1.807) is 0 Å². The van der Waals surface area contributed by atoms with E-state index in [0.717, 1.165) is 19.6 Å². The predicted molar refractivity (Wildman–Crippen MR) is 71.2 cm³/mol. The highest BCUT2D eigenvalue weighted by atomic mass is 16.5. The number of hydrogen-bond donors (Lipinski definition) is 2. The molecule has 0 bridgehead atoms. The van der Waals surface area contributed by atoms with E-state index in [9.17, 15) is 9.59 Å². The molecule has 2 rings (SSSR count). The van der Waals surface area contributed by atoms with Crippen molar-refractivity contribution < 1.29 is 9.53 Å². The summed E-state index contributed by atoms with van der Waals surface area (Å²) in [6.45, 7) is 6.07. The summed E-state index contributed by atoms with van der Waals surface area (Å²) in [7, 11) is 0. The first-order valence-corrected chi connectivity index (χ1v) is 6.50. The van der Waals surface area contributed by atoms with Crippen molar-refractivity contribution in [2.75, 3.05) is 32.8 Å². The van der Waals surface area contributed by atoms with Gasteiger partial charge in [-0.2, -0.15) is 0 Å². The van der Waals surface area contributed by atoms with Gasteiger partial charge in [-0.15, -0.1) is 0 Å². The van der Waals surface area contributed by atoms with E-state index >= 15 is 0 Å². The molecule has 0 saturated carbocycles. The molecular weight excluding hydrogens is 246 g/mol. The highest BCUT2D eigenvalue weighted by Gasteiger charge is 2.19. The second-order valence-electron chi connectivity index (χ2n) is 4.54. The summed E-state index contributed by atoms with van der Waals surface area (Å²) in [5.74, 6) is -0.200. The number of carbonyl (C=O) groups excluding carboxylic acids is 1. The molecule has 104 valence electrons. The molecule has 1 fully saturated rings. The maximum atomic E-state index is 11.8. The fourth-order valence-electron chi connectivity index (χ4n) is 2.05. The van der Waals surface area contributed by atoms with Crippen LogP contribution in [0.25, 0.3) is 0 Å².